The first kappa shape index (κ1) is 5.90. The fourth-order valence-corrected chi connectivity index (χ4v) is 0.897. The summed E-state index contributed by atoms with van der Waals surface area (Å²) in [5.41, 5.74) is -0.234. The molecule has 1 rings (SSSR count). The minimum Gasteiger partial charge on any atom is -0.359 e. The van der Waals surface area contributed by atoms with Gasteiger partial charge in [0, 0.05) is 30.9 Å². The Labute approximate surface area is 88.0 Å². The summed E-state index contributed by atoms with van der Waals surface area (Å²) < 4.78 is 29.7. The molecule has 74 valence electrons. The van der Waals surface area contributed by atoms with Crippen LogP contribution in [0.4, 0.5) is 0 Å². The van der Waals surface area contributed by atoms with Gasteiger partial charge in [0.25, 0.3) is 0 Å². The maximum Gasteiger partial charge on any atom is 0.207 e. The fraction of sp³-hybridized carbons (Fsp3) is 0.300. The number of hydrogen-bond acceptors (Lipinski definition) is 3. The Morgan fingerprint density at radius 1 is 1.71 bits per heavy atom. The number of hydrogen-bond donors (Lipinski definition) is 1. The third kappa shape index (κ3) is 3.35. The van der Waals surface area contributed by atoms with E-state index in [1.54, 1.807) is 0 Å². The van der Waals surface area contributed by atoms with Crippen molar-refractivity contribution >= 4 is 12.2 Å². The first-order chi connectivity index (χ1) is 8.49. The van der Waals surface area contributed by atoms with E-state index in [4.69, 9.17) is 5.48 Å². The average Bonchev–Trinajstić information content (AvgIpc) is 2.32. The van der Waals surface area contributed by atoms with E-state index in [2.05, 4.69) is 10.3 Å². The van der Waals surface area contributed by atoms with Gasteiger partial charge in [-0.15, -0.1) is 0 Å². The molecule has 0 unspecified atom stereocenters. The van der Waals surface area contributed by atoms with Crippen molar-refractivity contribution in [3.63, 3.8) is 0 Å². The van der Waals surface area contributed by atoms with Crippen LogP contribution in [-0.4, -0.2) is 23.7 Å². The zero-order valence-corrected chi connectivity index (χ0v) is 7.46. The molecule has 0 aliphatic rings. The molecule has 14 heavy (non-hydrogen) atoms. The molecule has 0 aromatic carbocycles. The molecule has 0 saturated heterocycles. The van der Waals surface area contributed by atoms with E-state index in [-0.39, 0.29) is 12.0 Å². The van der Waals surface area contributed by atoms with Crippen molar-refractivity contribution in [3.8, 4) is 0 Å². The topological polar surface area (TPSA) is 59.1 Å². The van der Waals surface area contributed by atoms with Gasteiger partial charge >= 0.3 is 0 Å². The first-order valence-electron chi connectivity index (χ1n) is 6.13. The molecule has 1 heterocycles. The van der Waals surface area contributed by atoms with Crippen LogP contribution in [0.15, 0.2) is 24.4 Å². The number of carbonyl (C=O) groups is 2. The lowest BCUT2D eigenvalue weighted by atomic mass is 10.1. The van der Waals surface area contributed by atoms with Crippen molar-refractivity contribution in [1.82, 2.24) is 10.3 Å². The van der Waals surface area contributed by atoms with Crippen LogP contribution in [0.1, 0.15) is 28.7 Å². The Morgan fingerprint density at radius 2 is 2.57 bits per heavy atom. The number of nitrogens with one attached hydrogen (secondary N) is 1. The van der Waals surface area contributed by atoms with Gasteiger partial charge in [0.05, 0.1) is 5.48 Å². The number of aromatic nitrogens is 1. The molecule has 0 fully saturated rings. The Morgan fingerprint density at radius 3 is 3.36 bits per heavy atom. The Bertz CT molecular complexity index is 479. The molecule has 1 N–H and O–H groups in total. The van der Waals surface area contributed by atoms with Gasteiger partial charge in [0.1, 0.15) is 0 Å². The summed E-state index contributed by atoms with van der Waals surface area (Å²) in [6.45, 7) is 0.327. The van der Waals surface area contributed by atoms with Gasteiger partial charge in [-0.25, -0.2) is 0 Å². The molecule has 0 atom stereocenters. The molecule has 0 radical (unpaired) electrons. The number of amides is 1. The highest BCUT2D eigenvalue weighted by molar-refractivity contribution is 5.95. The van der Waals surface area contributed by atoms with Crippen LogP contribution in [0.5, 0.6) is 0 Å². The summed E-state index contributed by atoms with van der Waals surface area (Å²) in [7, 11) is 0. The molecule has 4 nitrogen and oxygen atoms in total. The van der Waals surface area contributed by atoms with E-state index in [0.717, 1.165) is 0 Å². The molecule has 0 saturated carbocycles. The third-order valence-corrected chi connectivity index (χ3v) is 1.55. The molecule has 1 aromatic rings. The Hall–Kier alpha value is -1.71. The normalized spacial score (nSPS) is 13.4. The van der Waals surface area contributed by atoms with Crippen molar-refractivity contribution in [2.75, 3.05) is 6.54 Å². The summed E-state index contributed by atoms with van der Waals surface area (Å²) >= 11 is 0. The van der Waals surface area contributed by atoms with Crippen molar-refractivity contribution in [2.24, 2.45) is 0 Å². The van der Waals surface area contributed by atoms with Crippen molar-refractivity contribution in [2.45, 2.75) is 12.8 Å². The number of pyridine rings is 1. The summed E-state index contributed by atoms with van der Waals surface area (Å²) in [5.74, 6) is -0.473. The lowest BCUT2D eigenvalue weighted by Crippen LogP contribution is -2.13. The van der Waals surface area contributed by atoms with E-state index >= 15 is 0 Å². The maximum absolute atomic E-state index is 11.8. The van der Waals surface area contributed by atoms with E-state index in [0.29, 0.717) is 19.4 Å². The highest BCUT2D eigenvalue weighted by atomic mass is 16.1. The number of nitrogens with zero attached hydrogens (tertiary/aromatic N) is 1. The van der Waals surface area contributed by atoms with Crippen LogP contribution in [0, 0.1) is 0 Å². The molecule has 0 aliphatic carbocycles. The predicted molar refractivity (Wildman–Crippen MR) is 51.9 cm³/mol. The van der Waals surface area contributed by atoms with Gasteiger partial charge in [-0.3, -0.25) is 14.6 Å². The van der Waals surface area contributed by atoms with Gasteiger partial charge in [-0.1, -0.05) is 0 Å². The van der Waals surface area contributed by atoms with Gasteiger partial charge in [-0.2, -0.15) is 0 Å². The van der Waals surface area contributed by atoms with Crippen molar-refractivity contribution in [1.29, 1.82) is 0 Å². The number of rotatable bonds is 6. The van der Waals surface area contributed by atoms with Crippen LogP contribution >= 0.6 is 0 Å². The maximum atomic E-state index is 11.8. The molecule has 4 heteroatoms. The van der Waals surface area contributed by atoms with Gasteiger partial charge in [0.15, 0.2) is 5.78 Å². The molecule has 0 aliphatic heterocycles. The van der Waals surface area contributed by atoms with Gasteiger partial charge in [0.2, 0.25) is 6.41 Å². The van der Waals surface area contributed by atoms with Gasteiger partial charge in [-0.05, 0) is 18.5 Å². The standard InChI is InChI=1S/C10H12N2O2/c13-8-12-6-2-4-10(14)9-3-1-5-11-7-9/h1,3,5,7-8H,2,4,6H2,(H,12,13)/i1D,3D,5D,7D. The average molecular weight is 196 g/mol. The van der Waals surface area contributed by atoms with E-state index in [1.807, 2.05) is 0 Å². The van der Waals surface area contributed by atoms with Crippen molar-refractivity contribution in [3.05, 3.63) is 30.0 Å². The second-order valence-electron chi connectivity index (χ2n) is 2.56. The second kappa shape index (κ2) is 5.85. The highest BCUT2D eigenvalue weighted by Crippen LogP contribution is 2.02. The second-order valence-corrected chi connectivity index (χ2v) is 2.56. The first-order valence-corrected chi connectivity index (χ1v) is 4.13. The van der Waals surface area contributed by atoms with E-state index in [1.165, 1.54) is 0 Å². The largest absolute Gasteiger partial charge is 0.359 e. The highest BCUT2D eigenvalue weighted by Gasteiger charge is 2.03. The van der Waals surface area contributed by atoms with Crippen LogP contribution in [-0.2, 0) is 4.79 Å². The summed E-state index contributed by atoms with van der Waals surface area (Å²) in [6.07, 6.45) is 0.0246. The monoisotopic (exact) mass is 196 g/mol. The summed E-state index contributed by atoms with van der Waals surface area (Å²) in [5, 5.41) is 2.40. The summed E-state index contributed by atoms with van der Waals surface area (Å²) in [6, 6.07) is -0.895. The van der Waals surface area contributed by atoms with Crippen LogP contribution in [0.25, 0.3) is 0 Å². The van der Waals surface area contributed by atoms with Crippen LogP contribution in [0.3, 0.4) is 0 Å². The minimum atomic E-state index is -0.482. The lowest BCUT2D eigenvalue weighted by Gasteiger charge is -1.99. The fourth-order valence-electron chi connectivity index (χ4n) is 0.897. The van der Waals surface area contributed by atoms with Crippen molar-refractivity contribution < 1.29 is 15.1 Å². The smallest absolute Gasteiger partial charge is 0.207 e. The molecular weight excluding hydrogens is 180 g/mol. The molecule has 1 aromatic heterocycles. The van der Waals surface area contributed by atoms with Gasteiger partial charge < -0.3 is 5.32 Å². The number of ketones is 1. The third-order valence-electron chi connectivity index (χ3n) is 1.55. The summed E-state index contributed by atoms with van der Waals surface area (Å²) in [4.78, 5) is 25.2. The predicted octanol–water partition coefficient (Wildman–Crippen LogP) is 0.790. The zero-order chi connectivity index (χ0) is 13.7. The molecule has 0 bridgehead atoms. The molecular formula is C10H12N2O2. The molecule has 0 spiro atoms. The Balaban J connectivity index is 2.86. The lowest BCUT2D eigenvalue weighted by molar-refractivity contribution is -0.109. The number of carbonyl (C=O) groups excluding carboxylic acids is 2. The Kier molecular flexibility index (Phi) is 2.47. The van der Waals surface area contributed by atoms with E-state index < -0.39 is 30.2 Å². The SMILES string of the molecule is [2H]c1nc([2H])c(C(=O)CCCNC=O)c([2H])c1[2H]. The number of Topliss-reactive ketones (excluding diaryl/α,β-unsaturated/α-hetero) is 1. The van der Waals surface area contributed by atoms with Crippen LogP contribution < -0.4 is 5.32 Å². The minimum absolute atomic E-state index is 0.0526. The van der Waals surface area contributed by atoms with Crippen LogP contribution in [0.2, 0.25) is 0 Å². The van der Waals surface area contributed by atoms with E-state index in [9.17, 15) is 9.59 Å². The zero-order valence-electron chi connectivity index (χ0n) is 11.5. The quantitative estimate of drug-likeness (QED) is 0.416. The molecule has 1 amide bonds.